The van der Waals surface area contributed by atoms with Gasteiger partial charge in [0.2, 0.25) is 0 Å². The first-order valence-corrected chi connectivity index (χ1v) is 7.10. The molecule has 3 nitrogen and oxygen atoms in total. The van der Waals surface area contributed by atoms with E-state index < -0.39 is 0 Å². The van der Waals surface area contributed by atoms with Crippen LogP contribution in [0.2, 0.25) is 0 Å². The maximum atomic E-state index is 5.35. The summed E-state index contributed by atoms with van der Waals surface area (Å²) >= 11 is 0. The van der Waals surface area contributed by atoms with Gasteiger partial charge in [-0.3, -0.25) is 0 Å². The average Bonchev–Trinajstić information content (AvgIpc) is 3.14. The van der Waals surface area contributed by atoms with E-state index in [1.54, 1.807) is 7.11 Å². The van der Waals surface area contributed by atoms with E-state index in [-0.39, 0.29) is 0 Å². The maximum Gasteiger partial charge on any atom is 0.119 e. The van der Waals surface area contributed by atoms with Crippen LogP contribution >= 0.6 is 0 Å². The van der Waals surface area contributed by atoms with Crippen molar-refractivity contribution >= 4 is 10.9 Å². The minimum Gasteiger partial charge on any atom is -0.497 e. The molecule has 2 N–H and O–H groups in total. The normalized spacial score (nSPS) is 17.1. The van der Waals surface area contributed by atoms with E-state index >= 15 is 0 Å². The lowest BCUT2D eigenvalue weighted by molar-refractivity contribution is 0.410. The fourth-order valence-corrected chi connectivity index (χ4v) is 2.65. The Bertz CT molecular complexity index is 569. The highest BCUT2D eigenvalue weighted by atomic mass is 16.5. The van der Waals surface area contributed by atoms with Crippen molar-refractivity contribution in [2.45, 2.75) is 38.8 Å². The smallest absolute Gasteiger partial charge is 0.119 e. The third kappa shape index (κ3) is 2.47. The number of fused-ring (bicyclic) bond motifs is 1. The minimum absolute atomic E-state index is 0.411. The first kappa shape index (κ1) is 12.5. The number of aromatic nitrogens is 1. The van der Waals surface area contributed by atoms with Crippen molar-refractivity contribution in [3.8, 4) is 5.75 Å². The first-order chi connectivity index (χ1) is 9.19. The molecule has 0 saturated heterocycles. The Morgan fingerprint density at radius 2 is 2.11 bits per heavy atom. The standard InChI is InChI=1S/C16H22N2O/c1-10(2)16(18-11-4-5-11)14-9-17-15-7-6-12(19-3)8-13(14)15/h6-11,16-18H,4-5H2,1-3H3. The molecule has 0 amide bonds. The van der Waals surface area contributed by atoms with Crippen molar-refractivity contribution in [3.05, 3.63) is 30.0 Å². The Morgan fingerprint density at radius 3 is 2.74 bits per heavy atom. The summed E-state index contributed by atoms with van der Waals surface area (Å²) in [7, 11) is 1.72. The summed E-state index contributed by atoms with van der Waals surface area (Å²) in [4.78, 5) is 3.37. The fraction of sp³-hybridized carbons (Fsp3) is 0.500. The molecule has 19 heavy (non-hydrogen) atoms. The Morgan fingerprint density at radius 1 is 1.32 bits per heavy atom. The fourth-order valence-electron chi connectivity index (χ4n) is 2.65. The summed E-state index contributed by atoms with van der Waals surface area (Å²) in [5.41, 5.74) is 2.54. The van der Waals surface area contributed by atoms with Crippen LogP contribution in [0.1, 0.15) is 38.3 Å². The van der Waals surface area contributed by atoms with Gasteiger partial charge in [0.1, 0.15) is 5.75 Å². The number of ether oxygens (including phenoxy) is 1. The Labute approximate surface area is 114 Å². The van der Waals surface area contributed by atoms with Crippen LogP contribution in [0, 0.1) is 5.92 Å². The quantitative estimate of drug-likeness (QED) is 0.859. The molecule has 0 bridgehead atoms. The maximum absolute atomic E-state index is 5.35. The van der Waals surface area contributed by atoms with E-state index in [1.807, 2.05) is 6.07 Å². The van der Waals surface area contributed by atoms with Crippen molar-refractivity contribution in [2.75, 3.05) is 7.11 Å². The van der Waals surface area contributed by atoms with Crippen molar-refractivity contribution < 1.29 is 4.74 Å². The summed E-state index contributed by atoms with van der Waals surface area (Å²) in [6, 6.07) is 7.34. The number of methoxy groups -OCH3 is 1. The molecule has 1 aliphatic rings. The number of H-pyrrole nitrogens is 1. The van der Waals surface area contributed by atoms with Gasteiger partial charge in [0.05, 0.1) is 7.11 Å². The molecule has 3 rings (SSSR count). The molecule has 1 unspecified atom stereocenters. The lowest BCUT2D eigenvalue weighted by Gasteiger charge is -2.22. The van der Waals surface area contributed by atoms with E-state index in [4.69, 9.17) is 4.74 Å². The number of rotatable bonds is 5. The molecule has 1 aromatic heterocycles. The van der Waals surface area contributed by atoms with Crippen molar-refractivity contribution in [1.82, 2.24) is 10.3 Å². The van der Waals surface area contributed by atoms with Gasteiger partial charge < -0.3 is 15.0 Å². The molecule has 1 atom stereocenters. The lowest BCUT2D eigenvalue weighted by Crippen LogP contribution is -2.27. The molecule has 0 radical (unpaired) electrons. The van der Waals surface area contributed by atoms with E-state index in [9.17, 15) is 0 Å². The number of nitrogens with one attached hydrogen (secondary N) is 2. The summed E-state index contributed by atoms with van der Waals surface area (Å²) in [5, 5.41) is 5.03. The molecule has 0 aliphatic heterocycles. The highest BCUT2D eigenvalue weighted by Gasteiger charge is 2.28. The SMILES string of the molecule is COc1ccc2[nH]cc(C(NC3CC3)C(C)C)c2c1. The van der Waals surface area contributed by atoms with E-state index in [0.717, 1.165) is 5.75 Å². The molecule has 1 fully saturated rings. The predicted octanol–water partition coefficient (Wildman–Crippen LogP) is 3.63. The van der Waals surface area contributed by atoms with Gasteiger partial charge >= 0.3 is 0 Å². The van der Waals surface area contributed by atoms with Crippen LogP contribution in [0.3, 0.4) is 0 Å². The summed E-state index contributed by atoms with van der Waals surface area (Å²) in [6.45, 7) is 4.55. The van der Waals surface area contributed by atoms with Gasteiger partial charge in [0.15, 0.2) is 0 Å². The molecule has 102 valence electrons. The molecule has 0 spiro atoms. The topological polar surface area (TPSA) is 37.0 Å². The number of benzene rings is 1. The summed E-state index contributed by atoms with van der Waals surface area (Å²) < 4.78 is 5.35. The zero-order valence-electron chi connectivity index (χ0n) is 11.9. The molecule has 1 heterocycles. The van der Waals surface area contributed by atoms with Gasteiger partial charge in [-0.15, -0.1) is 0 Å². The third-order valence-corrected chi connectivity index (χ3v) is 3.92. The van der Waals surface area contributed by atoms with Gasteiger partial charge in [-0.05, 0) is 42.5 Å². The first-order valence-electron chi connectivity index (χ1n) is 7.10. The summed E-state index contributed by atoms with van der Waals surface area (Å²) in [5.74, 6) is 1.49. The second-order valence-corrected chi connectivity index (χ2v) is 5.82. The van der Waals surface area contributed by atoms with E-state index in [0.29, 0.717) is 18.0 Å². The van der Waals surface area contributed by atoms with Crippen LogP contribution in [-0.4, -0.2) is 18.1 Å². The van der Waals surface area contributed by atoms with Crippen LogP contribution in [0.15, 0.2) is 24.4 Å². The van der Waals surface area contributed by atoms with Gasteiger partial charge in [-0.1, -0.05) is 13.8 Å². The van der Waals surface area contributed by atoms with Crippen LogP contribution in [-0.2, 0) is 0 Å². The number of aromatic amines is 1. The van der Waals surface area contributed by atoms with Gasteiger partial charge in [0, 0.05) is 29.2 Å². The highest BCUT2D eigenvalue weighted by Crippen LogP contribution is 2.34. The van der Waals surface area contributed by atoms with Crippen LogP contribution in [0.5, 0.6) is 5.75 Å². The minimum atomic E-state index is 0.411. The molecule has 1 saturated carbocycles. The van der Waals surface area contributed by atoms with Crippen LogP contribution < -0.4 is 10.1 Å². The van der Waals surface area contributed by atoms with Gasteiger partial charge in [-0.2, -0.15) is 0 Å². The Kier molecular flexibility index (Phi) is 3.23. The Hall–Kier alpha value is -1.48. The van der Waals surface area contributed by atoms with Gasteiger partial charge in [0.25, 0.3) is 0 Å². The monoisotopic (exact) mass is 258 g/mol. The lowest BCUT2D eigenvalue weighted by atomic mass is 9.95. The van der Waals surface area contributed by atoms with Crippen molar-refractivity contribution in [2.24, 2.45) is 5.92 Å². The average molecular weight is 258 g/mol. The zero-order chi connectivity index (χ0) is 13.4. The zero-order valence-corrected chi connectivity index (χ0v) is 11.9. The summed E-state index contributed by atoms with van der Waals surface area (Å²) in [6.07, 6.45) is 4.77. The van der Waals surface area contributed by atoms with E-state index in [1.165, 1.54) is 29.3 Å². The van der Waals surface area contributed by atoms with Crippen LogP contribution in [0.25, 0.3) is 10.9 Å². The van der Waals surface area contributed by atoms with Crippen LogP contribution in [0.4, 0.5) is 0 Å². The van der Waals surface area contributed by atoms with Gasteiger partial charge in [-0.25, -0.2) is 0 Å². The molecule has 3 heteroatoms. The number of hydrogen-bond donors (Lipinski definition) is 2. The molecule has 2 aromatic rings. The predicted molar refractivity (Wildman–Crippen MR) is 78.6 cm³/mol. The largest absolute Gasteiger partial charge is 0.497 e. The molecular weight excluding hydrogens is 236 g/mol. The van der Waals surface area contributed by atoms with E-state index in [2.05, 4.69) is 42.5 Å². The van der Waals surface area contributed by atoms with Crippen molar-refractivity contribution in [3.63, 3.8) is 0 Å². The Balaban J connectivity index is 2.00. The third-order valence-electron chi connectivity index (χ3n) is 3.92. The molecule has 1 aromatic carbocycles. The molecular formula is C16H22N2O. The second kappa shape index (κ2) is 4.89. The van der Waals surface area contributed by atoms with Crippen molar-refractivity contribution in [1.29, 1.82) is 0 Å². The molecule has 1 aliphatic carbocycles. The second-order valence-electron chi connectivity index (χ2n) is 5.82. The number of hydrogen-bond acceptors (Lipinski definition) is 2. The highest BCUT2D eigenvalue weighted by molar-refractivity contribution is 5.85.